The molecule has 0 heterocycles. The molecular formula is C11H16O4. The molecule has 0 saturated heterocycles. The van der Waals surface area contributed by atoms with Gasteiger partial charge in [-0.25, -0.2) is 0 Å². The molecule has 0 fully saturated rings. The van der Waals surface area contributed by atoms with Crippen LogP contribution in [0.1, 0.15) is 18.6 Å². The van der Waals surface area contributed by atoms with Crippen molar-refractivity contribution >= 4 is 0 Å². The Morgan fingerprint density at radius 1 is 0.867 bits per heavy atom. The molecule has 4 N–H and O–H groups in total. The van der Waals surface area contributed by atoms with Gasteiger partial charge in [-0.15, -0.1) is 0 Å². The van der Waals surface area contributed by atoms with E-state index in [1.165, 1.54) is 6.92 Å². The standard InChI is InChI=1S/C11H16O4/c1-7(12)9(13)11(15)10(14)8-5-3-2-4-6-8/h2-7,9-15H,1H3/t7-,9-,10-,11+/m1/s1. The molecule has 0 aromatic heterocycles. The molecule has 0 unspecified atom stereocenters. The van der Waals surface area contributed by atoms with E-state index in [9.17, 15) is 15.3 Å². The normalized spacial score (nSPS) is 19.3. The van der Waals surface area contributed by atoms with Gasteiger partial charge >= 0.3 is 0 Å². The summed E-state index contributed by atoms with van der Waals surface area (Å²) in [6.45, 7) is 1.35. The van der Waals surface area contributed by atoms with Gasteiger partial charge in [0.1, 0.15) is 18.3 Å². The molecule has 4 heteroatoms. The van der Waals surface area contributed by atoms with Crippen molar-refractivity contribution in [3.8, 4) is 0 Å². The number of aliphatic hydroxyl groups excluding tert-OH is 4. The van der Waals surface area contributed by atoms with E-state index in [1.54, 1.807) is 30.3 Å². The fourth-order valence-electron chi connectivity index (χ4n) is 1.32. The van der Waals surface area contributed by atoms with Crippen molar-refractivity contribution in [2.24, 2.45) is 0 Å². The van der Waals surface area contributed by atoms with Crippen LogP contribution in [-0.2, 0) is 0 Å². The lowest BCUT2D eigenvalue weighted by Crippen LogP contribution is -2.39. The van der Waals surface area contributed by atoms with Crippen molar-refractivity contribution in [2.45, 2.75) is 31.3 Å². The van der Waals surface area contributed by atoms with E-state index in [4.69, 9.17) is 5.11 Å². The van der Waals surface area contributed by atoms with Crippen LogP contribution >= 0.6 is 0 Å². The van der Waals surface area contributed by atoms with Crippen molar-refractivity contribution < 1.29 is 20.4 Å². The third-order valence-electron chi connectivity index (χ3n) is 2.31. The average Bonchev–Trinajstić information content (AvgIpc) is 2.27. The van der Waals surface area contributed by atoms with E-state index in [2.05, 4.69) is 0 Å². The summed E-state index contributed by atoms with van der Waals surface area (Å²) in [5.74, 6) is 0. The smallest absolute Gasteiger partial charge is 0.112 e. The van der Waals surface area contributed by atoms with Gasteiger partial charge in [0.05, 0.1) is 6.10 Å². The lowest BCUT2D eigenvalue weighted by Gasteiger charge is -2.24. The maximum atomic E-state index is 9.69. The van der Waals surface area contributed by atoms with Gasteiger partial charge in [-0.3, -0.25) is 0 Å². The van der Waals surface area contributed by atoms with Gasteiger partial charge in [-0.05, 0) is 12.5 Å². The molecule has 1 rings (SSSR count). The van der Waals surface area contributed by atoms with Crippen LogP contribution in [0.25, 0.3) is 0 Å². The average molecular weight is 212 g/mol. The third kappa shape index (κ3) is 3.00. The molecule has 15 heavy (non-hydrogen) atoms. The Morgan fingerprint density at radius 2 is 1.40 bits per heavy atom. The van der Waals surface area contributed by atoms with Crippen LogP contribution in [0.5, 0.6) is 0 Å². The second-order valence-electron chi connectivity index (χ2n) is 3.58. The van der Waals surface area contributed by atoms with E-state index in [1.807, 2.05) is 0 Å². The maximum absolute atomic E-state index is 9.69. The quantitative estimate of drug-likeness (QED) is 0.558. The summed E-state index contributed by atoms with van der Waals surface area (Å²) in [5, 5.41) is 37.7. The summed E-state index contributed by atoms with van der Waals surface area (Å²) >= 11 is 0. The minimum absolute atomic E-state index is 0.504. The van der Waals surface area contributed by atoms with Crippen LogP contribution in [0.2, 0.25) is 0 Å². The monoisotopic (exact) mass is 212 g/mol. The first-order valence-electron chi connectivity index (χ1n) is 4.81. The number of rotatable bonds is 4. The molecule has 0 bridgehead atoms. The zero-order valence-electron chi connectivity index (χ0n) is 8.49. The van der Waals surface area contributed by atoms with Crippen LogP contribution in [0.4, 0.5) is 0 Å². The SMILES string of the molecule is C[C@@H](O)[C@@H](O)[C@H](O)[C@H](O)c1ccccc1. The van der Waals surface area contributed by atoms with Crippen molar-refractivity contribution in [1.29, 1.82) is 0 Å². The van der Waals surface area contributed by atoms with Gasteiger partial charge in [-0.2, -0.15) is 0 Å². The largest absolute Gasteiger partial charge is 0.391 e. The van der Waals surface area contributed by atoms with E-state index >= 15 is 0 Å². The molecule has 1 aromatic carbocycles. The van der Waals surface area contributed by atoms with Gasteiger partial charge in [-0.1, -0.05) is 30.3 Å². The highest BCUT2D eigenvalue weighted by Crippen LogP contribution is 2.19. The number of hydrogen-bond acceptors (Lipinski definition) is 4. The Kier molecular flexibility index (Phi) is 4.23. The zero-order chi connectivity index (χ0) is 11.4. The second-order valence-corrected chi connectivity index (χ2v) is 3.58. The summed E-state index contributed by atoms with van der Waals surface area (Å²) < 4.78 is 0. The topological polar surface area (TPSA) is 80.9 Å². The predicted octanol–water partition coefficient (Wildman–Crippen LogP) is -0.177. The first-order chi connectivity index (χ1) is 7.04. The molecule has 1 aromatic rings. The lowest BCUT2D eigenvalue weighted by molar-refractivity contribution is -0.101. The summed E-state index contributed by atoms with van der Waals surface area (Å²) in [6.07, 6.45) is -5.04. The van der Waals surface area contributed by atoms with Gasteiger partial charge in [0.25, 0.3) is 0 Å². The van der Waals surface area contributed by atoms with Gasteiger partial charge in [0.15, 0.2) is 0 Å². The number of benzene rings is 1. The lowest BCUT2D eigenvalue weighted by atomic mass is 9.98. The van der Waals surface area contributed by atoms with Gasteiger partial charge < -0.3 is 20.4 Å². The number of hydrogen-bond donors (Lipinski definition) is 4. The molecule has 0 amide bonds. The van der Waals surface area contributed by atoms with Crippen LogP contribution < -0.4 is 0 Å². The minimum Gasteiger partial charge on any atom is -0.391 e. The zero-order valence-corrected chi connectivity index (χ0v) is 8.49. The minimum atomic E-state index is -1.40. The Bertz CT molecular complexity index is 286. The molecular weight excluding hydrogens is 196 g/mol. The van der Waals surface area contributed by atoms with Crippen molar-refractivity contribution in [2.75, 3.05) is 0 Å². The maximum Gasteiger partial charge on any atom is 0.112 e. The Labute approximate surface area is 88.4 Å². The van der Waals surface area contributed by atoms with Crippen molar-refractivity contribution in [3.63, 3.8) is 0 Å². The van der Waals surface area contributed by atoms with Crippen LogP contribution in [-0.4, -0.2) is 38.7 Å². The molecule has 4 atom stereocenters. The molecule has 0 aliphatic carbocycles. The molecule has 0 spiro atoms. The molecule has 0 saturated carbocycles. The Balaban J connectivity index is 2.73. The van der Waals surface area contributed by atoms with E-state index in [0.717, 1.165) is 0 Å². The Morgan fingerprint density at radius 3 is 1.87 bits per heavy atom. The van der Waals surface area contributed by atoms with E-state index in [-0.39, 0.29) is 0 Å². The molecule has 0 aliphatic rings. The molecule has 0 radical (unpaired) electrons. The highest BCUT2D eigenvalue weighted by atomic mass is 16.4. The number of aliphatic hydroxyl groups is 4. The molecule has 0 aliphatic heterocycles. The highest BCUT2D eigenvalue weighted by Gasteiger charge is 2.28. The van der Waals surface area contributed by atoms with Gasteiger partial charge in [0.2, 0.25) is 0 Å². The summed E-state index contributed by atoms with van der Waals surface area (Å²) in [4.78, 5) is 0. The fraction of sp³-hybridized carbons (Fsp3) is 0.455. The van der Waals surface area contributed by atoms with Crippen LogP contribution in [0.3, 0.4) is 0 Å². The summed E-state index contributed by atoms with van der Waals surface area (Å²) in [7, 11) is 0. The summed E-state index contributed by atoms with van der Waals surface area (Å²) in [5.41, 5.74) is 0.504. The highest BCUT2D eigenvalue weighted by molar-refractivity contribution is 5.18. The summed E-state index contributed by atoms with van der Waals surface area (Å²) in [6, 6.07) is 8.51. The third-order valence-corrected chi connectivity index (χ3v) is 2.31. The first kappa shape index (κ1) is 12.1. The van der Waals surface area contributed by atoms with Crippen molar-refractivity contribution in [3.05, 3.63) is 35.9 Å². The van der Waals surface area contributed by atoms with Gasteiger partial charge in [0, 0.05) is 0 Å². The van der Waals surface area contributed by atoms with Crippen LogP contribution in [0.15, 0.2) is 30.3 Å². The first-order valence-corrected chi connectivity index (χ1v) is 4.81. The fourth-order valence-corrected chi connectivity index (χ4v) is 1.32. The second kappa shape index (κ2) is 5.23. The Hall–Kier alpha value is -0.940. The van der Waals surface area contributed by atoms with Crippen molar-refractivity contribution in [1.82, 2.24) is 0 Å². The molecule has 4 nitrogen and oxygen atoms in total. The van der Waals surface area contributed by atoms with Crippen LogP contribution in [0, 0.1) is 0 Å². The molecule has 84 valence electrons. The predicted molar refractivity (Wildman–Crippen MR) is 55.1 cm³/mol. The van der Waals surface area contributed by atoms with E-state index < -0.39 is 24.4 Å². The van der Waals surface area contributed by atoms with E-state index in [0.29, 0.717) is 5.56 Å².